The fourth-order valence-electron chi connectivity index (χ4n) is 4.79. The van der Waals surface area contributed by atoms with Crippen LogP contribution in [-0.4, -0.2) is 41.9 Å². The number of benzene rings is 2. The van der Waals surface area contributed by atoms with Gasteiger partial charge in [0.05, 0.1) is 52.8 Å². The zero-order valence-corrected chi connectivity index (χ0v) is 25.2. The molecule has 0 saturated carbocycles. The Hall–Kier alpha value is -4.61. The first-order valence-electron chi connectivity index (χ1n) is 13.3. The number of ether oxygens (including phenoxy) is 3. The van der Waals surface area contributed by atoms with Gasteiger partial charge in [0, 0.05) is 11.6 Å². The molecule has 1 N–H and O–H groups in total. The summed E-state index contributed by atoms with van der Waals surface area (Å²) in [5.41, 5.74) is 1.36. The number of carboxylic acid groups (broad SMARTS) is 1. The Bertz CT molecular complexity index is 1950. The lowest BCUT2D eigenvalue weighted by atomic mass is 9.95. The molecule has 0 saturated heterocycles. The summed E-state index contributed by atoms with van der Waals surface area (Å²) in [6.45, 7) is 5.80. The number of carboxylic acids is 1. The van der Waals surface area contributed by atoms with Gasteiger partial charge in [-0.2, -0.15) is 0 Å². The number of nitrogens with zero attached hydrogens (tertiary/aromatic N) is 2. The lowest BCUT2D eigenvalue weighted by Gasteiger charge is -2.25. The maximum Gasteiger partial charge on any atom is 0.338 e. The van der Waals surface area contributed by atoms with E-state index in [-0.39, 0.29) is 23.3 Å². The lowest BCUT2D eigenvalue weighted by molar-refractivity contribution is -0.139. The largest absolute Gasteiger partial charge is 0.493 e. The number of methoxy groups -OCH3 is 1. The fraction of sp³-hybridized carbons (Fsp3) is 0.226. The van der Waals surface area contributed by atoms with Crippen LogP contribution >= 0.6 is 22.9 Å². The number of thiazole rings is 1. The summed E-state index contributed by atoms with van der Waals surface area (Å²) in [4.78, 5) is 43.6. The molecule has 0 unspecified atom stereocenters. The quantitative estimate of drug-likeness (QED) is 0.263. The Morgan fingerprint density at radius 1 is 1.12 bits per heavy atom. The Labute approximate surface area is 254 Å². The van der Waals surface area contributed by atoms with Crippen LogP contribution in [0, 0.1) is 0 Å². The highest BCUT2D eigenvalue weighted by molar-refractivity contribution is 7.07. The first kappa shape index (κ1) is 29.9. The molecule has 0 spiro atoms. The number of rotatable bonds is 9. The van der Waals surface area contributed by atoms with Crippen molar-refractivity contribution in [1.82, 2.24) is 4.57 Å². The molecule has 2 aromatic carbocycles. The number of halogens is 1. The highest BCUT2D eigenvalue weighted by Gasteiger charge is 2.34. The van der Waals surface area contributed by atoms with E-state index in [1.165, 1.54) is 29.9 Å². The molecule has 1 aliphatic rings. The third kappa shape index (κ3) is 5.73. The minimum Gasteiger partial charge on any atom is -0.493 e. The lowest BCUT2D eigenvalue weighted by Crippen LogP contribution is -2.39. The summed E-state index contributed by atoms with van der Waals surface area (Å²) < 4.78 is 24.3. The van der Waals surface area contributed by atoms with Crippen molar-refractivity contribution in [3.8, 4) is 22.8 Å². The van der Waals surface area contributed by atoms with Crippen LogP contribution in [0.3, 0.4) is 0 Å². The van der Waals surface area contributed by atoms with Gasteiger partial charge < -0.3 is 23.7 Å². The zero-order chi connectivity index (χ0) is 30.8. The molecule has 0 bridgehead atoms. The van der Waals surface area contributed by atoms with E-state index in [9.17, 15) is 19.5 Å². The van der Waals surface area contributed by atoms with Crippen LogP contribution in [0.4, 0.5) is 0 Å². The van der Waals surface area contributed by atoms with E-state index in [0.717, 1.165) is 11.3 Å². The molecule has 1 atom stereocenters. The summed E-state index contributed by atoms with van der Waals surface area (Å²) in [5.74, 6) is -0.00331. The Balaban J connectivity index is 1.65. The number of hydrogen-bond donors (Lipinski definition) is 1. The molecule has 5 rings (SSSR count). The monoisotopic (exact) mass is 622 g/mol. The molecule has 10 nitrogen and oxygen atoms in total. The highest BCUT2D eigenvalue weighted by Crippen LogP contribution is 2.36. The number of hydrogen-bond acceptors (Lipinski definition) is 9. The maximum atomic E-state index is 13.9. The van der Waals surface area contributed by atoms with Crippen molar-refractivity contribution in [2.45, 2.75) is 26.8 Å². The van der Waals surface area contributed by atoms with Crippen LogP contribution in [-0.2, 0) is 9.53 Å². The summed E-state index contributed by atoms with van der Waals surface area (Å²) in [6.07, 6.45) is 1.57. The van der Waals surface area contributed by atoms with Gasteiger partial charge >= 0.3 is 11.9 Å². The van der Waals surface area contributed by atoms with Gasteiger partial charge in [0.25, 0.3) is 5.56 Å². The topological polar surface area (TPSA) is 130 Å². The van der Waals surface area contributed by atoms with Crippen LogP contribution in [0.5, 0.6) is 11.5 Å². The van der Waals surface area contributed by atoms with Crippen LogP contribution in [0.2, 0.25) is 5.02 Å². The van der Waals surface area contributed by atoms with E-state index in [4.69, 9.17) is 30.2 Å². The molecule has 222 valence electrons. The number of carbonyl (C=O) groups is 2. The maximum absolute atomic E-state index is 13.9. The number of aromatic nitrogens is 1. The van der Waals surface area contributed by atoms with Crippen molar-refractivity contribution in [1.29, 1.82) is 0 Å². The van der Waals surface area contributed by atoms with Crippen LogP contribution in [0.1, 0.15) is 48.5 Å². The third-order valence-electron chi connectivity index (χ3n) is 6.70. The third-order valence-corrected chi connectivity index (χ3v) is 8.01. The summed E-state index contributed by atoms with van der Waals surface area (Å²) >= 11 is 7.46. The van der Waals surface area contributed by atoms with Crippen molar-refractivity contribution in [2.75, 3.05) is 20.3 Å². The predicted octanol–water partition coefficient (Wildman–Crippen LogP) is 4.82. The number of fused-ring (bicyclic) bond motifs is 1. The fourth-order valence-corrected chi connectivity index (χ4v) is 6.03. The van der Waals surface area contributed by atoms with Crippen LogP contribution in [0.15, 0.2) is 74.0 Å². The van der Waals surface area contributed by atoms with Gasteiger partial charge in [0.2, 0.25) is 0 Å². The minimum atomic E-state index is -1.09. The van der Waals surface area contributed by atoms with Crippen molar-refractivity contribution in [3.63, 3.8) is 0 Å². The number of carbonyl (C=O) groups excluding carboxylic acids is 1. The van der Waals surface area contributed by atoms with E-state index in [1.54, 1.807) is 50.3 Å². The zero-order valence-electron chi connectivity index (χ0n) is 23.7. The second-order valence-electron chi connectivity index (χ2n) is 9.35. The molecule has 43 heavy (non-hydrogen) atoms. The van der Waals surface area contributed by atoms with E-state index in [0.29, 0.717) is 60.8 Å². The van der Waals surface area contributed by atoms with Gasteiger partial charge in [-0.25, -0.2) is 14.6 Å². The van der Waals surface area contributed by atoms with Crippen molar-refractivity contribution in [2.24, 2.45) is 4.99 Å². The number of furan rings is 1. The molecule has 12 heteroatoms. The second-order valence-corrected chi connectivity index (χ2v) is 10.8. The molecule has 3 heterocycles. The number of esters is 1. The summed E-state index contributed by atoms with van der Waals surface area (Å²) in [5, 5.41) is 9.68. The highest BCUT2D eigenvalue weighted by atomic mass is 35.5. The molecule has 0 aliphatic carbocycles. The molecule has 2 aromatic heterocycles. The van der Waals surface area contributed by atoms with E-state index < -0.39 is 18.0 Å². The van der Waals surface area contributed by atoms with Gasteiger partial charge in [0.15, 0.2) is 16.3 Å². The molecule has 0 radical (unpaired) electrons. The van der Waals surface area contributed by atoms with Crippen molar-refractivity contribution in [3.05, 3.63) is 101 Å². The molecular weight excluding hydrogens is 596 g/mol. The van der Waals surface area contributed by atoms with Crippen LogP contribution < -0.4 is 24.4 Å². The van der Waals surface area contributed by atoms with E-state index in [2.05, 4.69) is 4.99 Å². The van der Waals surface area contributed by atoms with E-state index >= 15 is 0 Å². The van der Waals surface area contributed by atoms with Gasteiger partial charge in [-0.15, -0.1) is 0 Å². The van der Waals surface area contributed by atoms with Gasteiger partial charge in [-0.1, -0.05) is 29.0 Å². The number of allylic oxidation sites excluding steroid dienone is 1. The van der Waals surface area contributed by atoms with Crippen molar-refractivity contribution >= 4 is 41.0 Å². The predicted molar refractivity (Wildman–Crippen MR) is 161 cm³/mol. The van der Waals surface area contributed by atoms with E-state index in [1.807, 2.05) is 6.92 Å². The molecule has 4 aromatic rings. The smallest absolute Gasteiger partial charge is 0.338 e. The molecule has 0 fully saturated rings. The molecule has 1 aliphatic heterocycles. The van der Waals surface area contributed by atoms with Crippen LogP contribution in [0.25, 0.3) is 17.4 Å². The average Bonchev–Trinajstić information content (AvgIpc) is 3.56. The normalized spacial score (nSPS) is 14.7. The Morgan fingerprint density at radius 3 is 2.60 bits per heavy atom. The molecular formula is C31H27ClN2O8S. The SMILES string of the molecule is CCOC(=O)C1=C(C)N=c2s/c(=C\c3ccc(-c4cc(C(=O)O)ccc4Cl)o3)c(=O)n2[C@@H]1c1ccc(OC)c(OCC)c1. The first-order chi connectivity index (χ1) is 20.7. The number of aromatic carboxylic acids is 1. The summed E-state index contributed by atoms with van der Waals surface area (Å²) in [6, 6.07) is 12.0. The standard InChI is InChI=1S/C31H27ClN2O8S/c1-5-40-24-14-17(8-11-23(24)39-4)27-26(30(38)41-6-2)16(3)33-31-34(27)28(35)25(43-31)15-19-9-12-22(42-19)20-13-18(29(36)37)7-10-21(20)32/h7-15,27H,5-6H2,1-4H3,(H,36,37)/b25-15-/t27-/m1/s1. The van der Waals surface area contributed by atoms with Gasteiger partial charge in [-0.05, 0) is 68.8 Å². The van der Waals surface area contributed by atoms with Crippen molar-refractivity contribution < 1.29 is 33.3 Å². The Morgan fingerprint density at radius 2 is 1.91 bits per heavy atom. The van der Waals surface area contributed by atoms with Gasteiger partial charge in [-0.3, -0.25) is 9.36 Å². The minimum absolute atomic E-state index is 0.0597. The average molecular weight is 623 g/mol. The van der Waals surface area contributed by atoms with Gasteiger partial charge in [0.1, 0.15) is 11.5 Å². The second kappa shape index (κ2) is 12.3. The summed E-state index contributed by atoms with van der Waals surface area (Å²) in [7, 11) is 1.53. The first-order valence-corrected chi connectivity index (χ1v) is 14.5. The Kier molecular flexibility index (Phi) is 8.56. The molecule has 0 amide bonds.